The maximum atomic E-state index is 5.24. The highest BCUT2D eigenvalue weighted by molar-refractivity contribution is 9.10. The van der Waals surface area contributed by atoms with E-state index in [1.165, 1.54) is 5.56 Å². The van der Waals surface area contributed by atoms with Crippen molar-refractivity contribution in [1.82, 2.24) is 10.6 Å². The molecule has 0 radical (unpaired) electrons. The van der Waals surface area contributed by atoms with Gasteiger partial charge in [0.2, 0.25) is 0 Å². The number of halogens is 1. The first-order chi connectivity index (χ1) is 7.96. The molecule has 0 fully saturated rings. The first kappa shape index (κ1) is 14.5. The summed E-state index contributed by atoms with van der Waals surface area (Å²) >= 11 is 3.52. The predicted molar refractivity (Wildman–Crippen MR) is 75.6 cm³/mol. The lowest BCUT2D eigenvalue weighted by Gasteiger charge is -2.34. The second-order valence-corrected chi connectivity index (χ2v) is 5.44. The average Bonchev–Trinajstić information content (AvgIpc) is 2.30. The van der Waals surface area contributed by atoms with Crippen molar-refractivity contribution in [3.05, 3.63) is 28.2 Å². The van der Waals surface area contributed by atoms with Crippen LogP contribution in [0, 0.1) is 0 Å². The van der Waals surface area contributed by atoms with Crippen molar-refractivity contribution in [3.8, 4) is 5.75 Å². The van der Waals surface area contributed by atoms with E-state index in [9.17, 15) is 0 Å². The van der Waals surface area contributed by atoms with E-state index in [1.807, 2.05) is 20.2 Å². The first-order valence-corrected chi connectivity index (χ1v) is 6.45. The van der Waals surface area contributed by atoms with Gasteiger partial charge in [0, 0.05) is 11.6 Å². The quantitative estimate of drug-likeness (QED) is 0.877. The van der Waals surface area contributed by atoms with Crippen molar-refractivity contribution >= 4 is 15.9 Å². The molecule has 2 N–H and O–H groups in total. The fourth-order valence-corrected chi connectivity index (χ4v) is 2.51. The summed E-state index contributed by atoms with van der Waals surface area (Å²) in [6, 6.07) is 6.40. The third-order valence-corrected chi connectivity index (χ3v) is 3.78. The molecule has 1 unspecified atom stereocenters. The smallest absolute Gasteiger partial charge is 0.133 e. The van der Waals surface area contributed by atoms with Gasteiger partial charge in [-0.15, -0.1) is 0 Å². The minimum absolute atomic E-state index is 0.0250. The molecule has 0 heterocycles. The zero-order valence-corrected chi connectivity index (χ0v) is 12.7. The molecule has 0 bridgehead atoms. The summed E-state index contributed by atoms with van der Waals surface area (Å²) in [5, 5.41) is 6.68. The van der Waals surface area contributed by atoms with Crippen molar-refractivity contribution in [1.29, 1.82) is 0 Å². The summed E-state index contributed by atoms with van der Waals surface area (Å²) in [6.45, 7) is 4.35. The first-order valence-electron chi connectivity index (χ1n) is 5.66. The van der Waals surface area contributed by atoms with Gasteiger partial charge in [-0.3, -0.25) is 0 Å². The Balaban J connectivity index is 3.09. The van der Waals surface area contributed by atoms with Gasteiger partial charge in [-0.25, -0.2) is 0 Å². The van der Waals surface area contributed by atoms with E-state index >= 15 is 0 Å². The van der Waals surface area contributed by atoms with Crippen molar-refractivity contribution < 1.29 is 4.74 Å². The molecule has 0 spiro atoms. The number of nitrogens with one attached hydrogen (secondary N) is 2. The van der Waals surface area contributed by atoms with Gasteiger partial charge in [0.15, 0.2) is 0 Å². The molecule has 0 amide bonds. The van der Waals surface area contributed by atoms with Gasteiger partial charge in [0.1, 0.15) is 5.75 Å². The van der Waals surface area contributed by atoms with E-state index < -0.39 is 0 Å². The lowest BCUT2D eigenvalue weighted by atomic mass is 9.89. The van der Waals surface area contributed by atoms with E-state index in [0.717, 1.165) is 10.2 Å². The standard InChI is InChI=1S/C13H21BrN2O/c1-13(2,16-4)12(15-3)9-6-7-11(17-5)10(14)8-9/h6-8,12,15-16H,1-5H3. The Morgan fingerprint density at radius 1 is 1.29 bits per heavy atom. The van der Waals surface area contributed by atoms with Crippen LogP contribution in [0.1, 0.15) is 25.5 Å². The molecule has 0 aliphatic carbocycles. The van der Waals surface area contributed by atoms with Crippen molar-refractivity contribution in [3.63, 3.8) is 0 Å². The Labute approximate surface area is 112 Å². The Morgan fingerprint density at radius 3 is 2.35 bits per heavy atom. The fraction of sp³-hybridized carbons (Fsp3) is 0.538. The Bertz CT molecular complexity index is 380. The molecule has 17 heavy (non-hydrogen) atoms. The summed E-state index contributed by atoms with van der Waals surface area (Å²) in [5.41, 5.74) is 1.20. The summed E-state index contributed by atoms with van der Waals surface area (Å²) < 4.78 is 6.22. The van der Waals surface area contributed by atoms with Crippen LogP contribution in [-0.2, 0) is 0 Å². The molecule has 3 nitrogen and oxygen atoms in total. The van der Waals surface area contributed by atoms with E-state index in [0.29, 0.717) is 0 Å². The van der Waals surface area contributed by atoms with Crippen LogP contribution in [0.4, 0.5) is 0 Å². The summed E-state index contributed by atoms with van der Waals surface area (Å²) in [5.74, 6) is 0.853. The minimum Gasteiger partial charge on any atom is -0.496 e. The molecule has 4 heteroatoms. The number of hydrogen-bond donors (Lipinski definition) is 2. The van der Waals surface area contributed by atoms with Crippen molar-refractivity contribution in [2.75, 3.05) is 21.2 Å². The normalized spacial score (nSPS) is 13.5. The molecule has 1 rings (SSSR count). The number of likely N-dealkylation sites (N-methyl/N-ethyl adjacent to an activating group) is 2. The van der Waals surface area contributed by atoms with Gasteiger partial charge in [-0.1, -0.05) is 6.07 Å². The lowest BCUT2D eigenvalue weighted by molar-refractivity contribution is 0.311. The molecule has 1 aromatic carbocycles. The maximum Gasteiger partial charge on any atom is 0.133 e. The van der Waals surface area contributed by atoms with Gasteiger partial charge in [0.25, 0.3) is 0 Å². The Kier molecular flexibility index (Phi) is 4.98. The molecule has 0 saturated carbocycles. The van der Waals surface area contributed by atoms with E-state index in [2.05, 4.69) is 52.5 Å². The number of ether oxygens (including phenoxy) is 1. The largest absolute Gasteiger partial charge is 0.496 e. The highest BCUT2D eigenvalue weighted by Gasteiger charge is 2.28. The number of methoxy groups -OCH3 is 1. The lowest BCUT2D eigenvalue weighted by Crippen LogP contribution is -2.47. The summed E-state index contributed by atoms with van der Waals surface area (Å²) in [6.07, 6.45) is 0. The maximum absolute atomic E-state index is 5.24. The monoisotopic (exact) mass is 300 g/mol. The van der Waals surface area contributed by atoms with Gasteiger partial charge in [-0.2, -0.15) is 0 Å². The predicted octanol–water partition coefficient (Wildman–Crippen LogP) is 2.72. The Hall–Kier alpha value is -0.580. The van der Waals surface area contributed by atoms with Gasteiger partial charge in [0.05, 0.1) is 11.6 Å². The topological polar surface area (TPSA) is 33.3 Å². The van der Waals surface area contributed by atoms with Crippen LogP contribution < -0.4 is 15.4 Å². The number of rotatable bonds is 5. The second kappa shape index (κ2) is 5.85. The van der Waals surface area contributed by atoms with E-state index in [-0.39, 0.29) is 11.6 Å². The van der Waals surface area contributed by atoms with Crippen LogP contribution in [0.3, 0.4) is 0 Å². The highest BCUT2D eigenvalue weighted by atomic mass is 79.9. The third-order valence-electron chi connectivity index (χ3n) is 3.16. The summed E-state index contributed by atoms with van der Waals surface area (Å²) in [4.78, 5) is 0. The highest BCUT2D eigenvalue weighted by Crippen LogP contribution is 2.31. The van der Waals surface area contributed by atoms with Crippen LogP contribution in [0.25, 0.3) is 0 Å². The zero-order chi connectivity index (χ0) is 13.1. The molecule has 1 atom stereocenters. The van der Waals surface area contributed by atoms with Gasteiger partial charge < -0.3 is 15.4 Å². The number of hydrogen-bond acceptors (Lipinski definition) is 3. The van der Waals surface area contributed by atoms with Crippen LogP contribution >= 0.6 is 15.9 Å². The van der Waals surface area contributed by atoms with Crippen molar-refractivity contribution in [2.24, 2.45) is 0 Å². The van der Waals surface area contributed by atoms with Crippen LogP contribution in [0.15, 0.2) is 22.7 Å². The number of benzene rings is 1. The summed E-state index contributed by atoms with van der Waals surface area (Å²) in [7, 11) is 5.62. The molecule has 0 aliphatic rings. The second-order valence-electron chi connectivity index (χ2n) is 4.59. The SMILES string of the molecule is CNC(c1ccc(OC)c(Br)c1)C(C)(C)NC. The van der Waals surface area contributed by atoms with Crippen molar-refractivity contribution in [2.45, 2.75) is 25.4 Å². The molecular formula is C13H21BrN2O. The molecule has 1 aromatic rings. The fourth-order valence-electron chi connectivity index (χ4n) is 1.95. The van der Waals surface area contributed by atoms with Crippen LogP contribution in [0.5, 0.6) is 5.75 Å². The van der Waals surface area contributed by atoms with Gasteiger partial charge in [-0.05, 0) is 61.6 Å². The molecule has 0 aliphatic heterocycles. The molecular weight excluding hydrogens is 280 g/mol. The average molecular weight is 301 g/mol. The van der Waals surface area contributed by atoms with Crippen LogP contribution in [0.2, 0.25) is 0 Å². The van der Waals surface area contributed by atoms with Crippen LogP contribution in [-0.4, -0.2) is 26.7 Å². The van der Waals surface area contributed by atoms with E-state index in [4.69, 9.17) is 4.74 Å². The molecule has 96 valence electrons. The zero-order valence-electron chi connectivity index (χ0n) is 11.1. The third kappa shape index (κ3) is 3.21. The van der Waals surface area contributed by atoms with Gasteiger partial charge >= 0.3 is 0 Å². The van der Waals surface area contributed by atoms with E-state index in [1.54, 1.807) is 7.11 Å². The minimum atomic E-state index is -0.0250. The molecule has 0 aromatic heterocycles. The Morgan fingerprint density at radius 2 is 1.94 bits per heavy atom. The molecule has 0 saturated heterocycles.